The van der Waals surface area contributed by atoms with Crippen molar-refractivity contribution >= 4 is 34.8 Å². The molecule has 1 aliphatic heterocycles. The minimum absolute atomic E-state index is 0.144. The summed E-state index contributed by atoms with van der Waals surface area (Å²) in [7, 11) is 0. The van der Waals surface area contributed by atoms with E-state index < -0.39 is 5.92 Å². The molecule has 6 heteroatoms. The highest BCUT2D eigenvalue weighted by Crippen LogP contribution is 2.42. The summed E-state index contributed by atoms with van der Waals surface area (Å²) in [5.41, 5.74) is 2.30. The molecule has 0 aromatic heterocycles. The molecule has 4 rings (SSSR count). The lowest BCUT2D eigenvalue weighted by Crippen LogP contribution is -2.29. The van der Waals surface area contributed by atoms with Crippen molar-refractivity contribution in [2.75, 3.05) is 13.2 Å². The first-order valence-corrected chi connectivity index (χ1v) is 11.2. The highest BCUT2D eigenvalue weighted by molar-refractivity contribution is 6.34. The standard InChI is InChI=1S/C27H21Cl2NO3/c28-20-11-12-24(29)21(15-20)25-22(26(32)18-7-3-1-4-8-18)16-30(13-14-31)17-23(25)27(33)19-9-5-2-6-10-19/h1-12,15-17,25,31H,13-14H2. The smallest absolute Gasteiger partial charge is 0.191 e. The molecule has 0 saturated carbocycles. The van der Waals surface area contributed by atoms with Crippen molar-refractivity contribution in [3.63, 3.8) is 0 Å². The number of allylic oxidation sites excluding steroid dienone is 2. The molecule has 0 spiro atoms. The number of β-amino-alcohol motifs (C(OH)–C–C–N with tert-alkyl or cyclic N) is 1. The average molecular weight is 478 g/mol. The van der Waals surface area contributed by atoms with Crippen LogP contribution < -0.4 is 0 Å². The Bertz CT molecular complexity index is 1170. The molecule has 1 heterocycles. The van der Waals surface area contributed by atoms with E-state index in [-0.39, 0.29) is 24.7 Å². The number of carbonyl (C=O) groups excluding carboxylic acids is 2. The second-order valence-corrected chi connectivity index (χ2v) is 8.46. The molecule has 0 fully saturated rings. The second-order valence-electron chi connectivity index (χ2n) is 7.62. The Labute approximate surface area is 202 Å². The van der Waals surface area contributed by atoms with Crippen molar-refractivity contribution < 1.29 is 14.7 Å². The fourth-order valence-electron chi connectivity index (χ4n) is 3.92. The monoisotopic (exact) mass is 477 g/mol. The second kappa shape index (κ2) is 10.2. The molecule has 0 saturated heterocycles. The first-order valence-electron chi connectivity index (χ1n) is 10.4. The van der Waals surface area contributed by atoms with Gasteiger partial charge >= 0.3 is 0 Å². The van der Waals surface area contributed by atoms with E-state index in [9.17, 15) is 14.7 Å². The van der Waals surface area contributed by atoms with E-state index in [4.69, 9.17) is 23.2 Å². The molecule has 3 aromatic carbocycles. The third-order valence-corrected chi connectivity index (χ3v) is 6.03. The van der Waals surface area contributed by atoms with Gasteiger partial charge in [0.15, 0.2) is 11.6 Å². The number of Topliss-reactive ketones (excluding diaryl/α,β-unsaturated/α-hetero) is 2. The molecule has 33 heavy (non-hydrogen) atoms. The Balaban J connectivity index is 1.91. The zero-order chi connectivity index (χ0) is 23.4. The van der Waals surface area contributed by atoms with E-state index in [1.807, 2.05) is 12.1 Å². The van der Waals surface area contributed by atoms with Crippen LogP contribution in [0.15, 0.2) is 102 Å². The Morgan fingerprint density at radius 3 is 1.79 bits per heavy atom. The normalized spacial score (nSPS) is 14.0. The molecular formula is C27H21Cl2NO3. The van der Waals surface area contributed by atoms with Gasteiger partial charge in [0.1, 0.15) is 0 Å². The van der Waals surface area contributed by atoms with Crippen molar-refractivity contribution in [2.24, 2.45) is 0 Å². The summed E-state index contributed by atoms with van der Waals surface area (Å²) >= 11 is 12.9. The van der Waals surface area contributed by atoms with Crippen molar-refractivity contribution in [1.82, 2.24) is 4.90 Å². The lowest BCUT2D eigenvalue weighted by atomic mass is 9.77. The van der Waals surface area contributed by atoms with Crippen LogP contribution in [0.3, 0.4) is 0 Å². The molecule has 1 N–H and O–H groups in total. The molecular weight excluding hydrogens is 457 g/mol. The zero-order valence-corrected chi connectivity index (χ0v) is 19.1. The quantitative estimate of drug-likeness (QED) is 0.429. The van der Waals surface area contributed by atoms with Crippen LogP contribution in [0, 0.1) is 0 Å². The average Bonchev–Trinajstić information content (AvgIpc) is 2.85. The van der Waals surface area contributed by atoms with Crippen LogP contribution in [-0.2, 0) is 0 Å². The highest BCUT2D eigenvalue weighted by atomic mass is 35.5. The van der Waals surface area contributed by atoms with Gasteiger partial charge in [-0.2, -0.15) is 0 Å². The molecule has 166 valence electrons. The van der Waals surface area contributed by atoms with Gasteiger partial charge in [0, 0.05) is 57.2 Å². The minimum Gasteiger partial charge on any atom is -0.395 e. The predicted molar refractivity (Wildman–Crippen MR) is 131 cm³/mol. The van der Waals surface area contributed by atoms with Crippen LogP contribution in [0.25, 0.3) is 0 Å². The van der Waals surface area contributed by atoms with Gasteiger partial charge in [-0.1, -0.05) is 83.9 Å². The number of benzene rings is 3. The third-order valence-electron chi connectivity index (χ3n) is 5.46. The van der Waals surface area contributed by atoms with Gasteiger partial charge in [-0.25, -0.2) is 0 Å². The van der Waals surface area contributed by atoms with Gasteiger partial charge in [-0.3, -0.25) is 9.59 Å². The van der Waals surface area contributed by atoms with Gasteiger partial charge < -0.3 is 10.0 Å². The summed E-state index contributed by atoms with van der Waals surface area (Å²) in [6, 6.07) is 22.7. The van der Waals surface area contributed by atoms with Gasteiger partial charge in [0.25, 0.3) is 0 Å². The van der Waals surface area contributed by atoms with Gasteiger partial charge in [0.05, 0.1) is 6.61 Å². The number of hydrogen-bond acceptors (Lipinski definition) is 4. The first kappa shape index (κ1) is 23.0. The summed E-state index contributed by atoms with van der Waals surface area (Å²) in [5.74, 6) is -1.19. The summed E-state index contributed by atoms with van der Waals surface area (Å²) in [6.07, 6.45) is 3.35. The zero-order valence-electron chi connectivity index (χ0n) is 17.6. The number of hydrogen-bond donors (Lipinski definition) is 1. The maximum atomic E-state index is 13.7. The number of ketones is 2. The molecule has 1 aliphatic rings. The minimum atomic E-state index is -0.730. The van der Waals surface area contributed by atoms with Gasteiger partial charge in [-0.15, -0.1) is 0 Å². The van der Waals surface area contributed by atoms with Crippen molar-refractivity contribution in [3.8, 4) is 0 Å². The van der Waals surface area contributed by atoms with Crippen LogP contribution in [0.4, 0.5) is 0 Å². The summed E-state index contributed by atoms with van der Waals surface area (Å²) < 4.78 is 0. The van der Waals surface area contributed by atoms with E-state index in [0.717, 1.165) is 0 Å². The number of aliphatic hydroxyl groups is 1. The lowest BCUT2D eigenvalue weighted by Gasteiger charge is -2.31. The lowest BCUT2D eigenvalue weighted by molar-refractivity contribution is 0.101. The van der Waals surface area contributed by atoms with E-state index in [1.54, 1.807) is 84.0 Å². The predicted octanol–water partition coefficient (Wildman–Crippen LogP) is 5.92. The molecule has 0 bridgehead atoms. The number of nitrogens with zero attached hydrogens (tertiary/aromatic N) is 1. The molecule has 3 aromatic rings. The van der Waals surface area contributed by atoms with Crippen LogP contribution in [0.1, 0.15) is 32.2 Å². The molecule has 0 radical (unpaired) electrons. The fraction of sp³-hybridized carbons (Fsp3) is 0.111. The maximum Gasteiger partial charge on any atom is 0.191 e. The highest BCUT2D eigenvalue weighted by Gasteiger charge is 2.35. The Morgan fingerprint density at radius 1 is 0.788 bits per heavy atom. The van der Waals surface area contributed by atoms with Crippen LogP contribution in [0.2, 0.25) is 10.0 Å². The molecule has 4 nitrogen and oxygen atoms in total. The number of rotatable bonds is 7. The van der Waals surface area contributed by atoms with Crippen molar-refractivity contribution in [3.05, 3.63) is 129 Å². The van der Waals surface area contributed by atoms with E-state index >= 15 is 0 Å². The largest absolute Gasteiger partial charge is 0.395 e. The maximum absolute atomic E-state index is 13.7. The molecule has 0 unspecified atom stereocenters. The summed E-state index contributed by atoms with van der Waals surface area (Å²) in [6.45, 7) is 0.0857. The van der Waals surface area contributed by atoms with Gasteiger partial charge in [-0.05, 0) is 23.8 Å². The van der Waals surface area contributed by atoms with Crippen LogP contribution >= 0.6 is 23.2 Å². The van der Waals surface area contributed by atoms with E-state index in [0.29, 0.717) is 37.9 Å². The van der Waals surface area contributed by atoms with Crippen molar-refractivity contribution in [2.45, 2.75) is 5.92 Å². The molecule has 0 aliphatic carbocycles. The van der Waals surface area contributed by atoms with E-state index in [2.05, 4.69) is 0 Å². The Kier molecular flexibility index (Phi) is 7.09. The molecule has 0 atom stereocenters. The number of carbonyl (C=O) groups is 2. The molecule has 0 amide bonds. The SMILES string of the molecule is O=C(C1=CN(CCO)C=C(C(=O)c2ccccc2)C1c1cc(Cl)ccc1Cl)c1ccccc1. The van der Waals surface area contributed by atoms with Gasteiger partial charge in [0.2, 0.25) is 0 Å². The van der Waals surface area contributed by atoms with Crippen LogP contribution in [0.5, 0.6) is 0 Å². The van der Waals surface area contributed by atoms with Crippen LogP contribution in [-0.4, -0.2) is 34.7 Å². The Hall–Kier alpha value is -3.18. The topological polar surface area (TPSA) is 57.6 Å². The summed E-state index contributed by atoms with van der Waals surface area (Å²) in [5, 5.41) is 10.4. The fourth-order valence-corrected chi connectivity index (χ4v) is 4.33. The number of halogens is 2. The third kappa shape index (κ3) is 4.93. The number of aliphatic hydroxyl groups excluding tert-OH is 1. The van der Waals surface area contributed by atoms with E-state index in [1.165, 1.54) is 0 Å². The summed E-state index contributed by atoms with van der Waals surface area (Å²) in [4.78, 5) is 29.0. The van der Waals surface area contributed by atoms with Crippen molar-refractivity contribution in [1.29, 1.82) is 0 Å². The first-order chi connectivity index (χ1) is 16.0. The Morgan fingerprint density at radius 2 is 1.30 bits per heavy atom.